The van der Waals surface area contributed by atoms with Crippen molar-refractivity contribution in [1.29, 1.82) is 0 Å². The minimum Gasteiger partial charge on any atom is -0.326 e. The Morgan fingerprint density at radius 1 is 0.805 bits per heavy atom. The van der Waals surface area contributed by atoms with Crippen LogP contribution in [0.3, 0.4) is 0 Å². The molecule has 0 saturated carbocycles. The monoisotopic (exact) mass is 571 g/mol. The van der Waals surface area contributed by atoms with Crippen molar-refractivity contribution in [2.75, 3.05) is 51.1 Å². The molecule has 5 rings (SSSR count). The van der Waals surface area contributed by atoms with Crippen LogP contribution in [0.5, 0.6) is 0 Å². The third-order valence-corrected chi connectivity index (χ3v) is 9.49. The first-order valence-electron chi connectivity index (χ1n) is 14.2. The summed E-state index contributed by atoms with van der Waals surface area (Å²) in [5.74, 6) is -0.0904. The van der Waals surface area contributed by atoms with Crippen molar-refractivity contribution in [3.63, 3.8) is 0 Å². The zero-order chi connectivity index (χ0) is 28.7. The zero-order valence-corrected chi connectivity index (χ0v) is 24.3. The van der Waals surface area contributed by atoms with E-state index in [0.29, 0.717) is 45.0 Å². The Balaban J connectivity index is 1.21. The molecule has 0 aliphatic carbocycles. The summed E-state index contributed by atoms with van der Waals surface area (Å²) < 4.78 is 28.0. The van der Waals surface area contributed by atoms with Crippen LogP contribution < -0.4 is 5.32 Å². The van der Waals surface area contributed by atoms with Crippen molar-refractivity contribution >= 4 is 33.0 Å². The summed E-state index contributed by atoms with van der Waals surface area (Å²) in [6.45, 7) is 5.96. The first-order chi connectivity index (χ1) is 19.9. The van der Waals surface area contributed by atoms with Crippen molar-refractivity contribution in [1.82, 2.24) is 9.21 Å². The SMILES string of the molecule is CC(=O)Nc1ccc(S(=O)(=O)N2CCN(CCCC3C(c4ccccc4)=NCCN=C3c3ccccc3)CC2)cc1. The van der Waals surface area contributed by atoms with Crippen molar-refractivity contribution in [3.8, 4) is 0 Å². The number of hydrogen-bond acceptors (Lipinski definition) is 6. The number of piperazine rings is 1. The topological polar surface area (TPSA) is 94.4 Å². The van der Waals surface area contributed by atoms with Gasteiger partial charge in [-0.2, -0.15) is 4.31 Å². The van der Waals surface area contributed by atoms with E-state index in [1.807, 2.05) is 12.1 Å². The summed E-state index contributed by atoms with van der Waals surface area (Å²) in [5, 5.41) is 2.67. The second-order valence-electron chi connectivity index (χ2n) is 10.4. The molecular formula is C32H37N5O3S. The predicted octanol–water partition coefficient (Wildman–Crippen LogP) is 4.34. The van der Waals surface area contributed by atoms with Gasteiger partial charge in [0.25, 0.3) is 0 Å². The second-order valence-corrected chi connectivity index (χ2v) is 12.4. The minimum absolute atomic E-state index is 0.101. The number of carbonyl (C=O) groups excluding carboxylic acids is 1. The number of aliphatic imine (C=N–C) groups is 2. The molecule has 2 aliphatic rings. The number of carbonyl (C=O) groups is 1. The van der Waals surface area contributed by atoms with Crippen LogP contribution in [0, 0.1) is 5.92 Å². The fourth-order valence-corrected chi connectivity index (χ4v) is 6.96. The predicted molar refractivity (Wildman–Crippen MR) is 164 cm³/mol. The van der Waals surface area contributed by atoms with E-state index < -0.39 is 10.0 Å². The molecule has 0 aromatic heterocycles. The van der Waals surface area contributed by atoms with Gasteiger partial charge in [-0.1, -0.05) is 60.7 Å². The smallest absolute Gasteiger partial charge is 0.243 e. The number of anilines is 1. The lowest BCUT2D eigenvalue weighted by molar-refractivity contribution is -0.114. The molecule has 1 saturated heterocycles. The van der Waals surface area contributed by atoms with Gasteiger partial charge in [-0.3, -0.25) is 14.8 Å². The lowest BCUT2D eigenvalue weighted by atomic mass is 9.85. The van der Waals surface area contributed by atoms with E-state index in [-0.39, 0.29) is 16.7 Å². The summed E-state index contributed by atoms with van der Waals surface area (Å²) >= 11 is 0. The summed E-state index contributed by atoms with van der Waals surface area (Å²) in [6.07, 6.45) is 1.88. The minimum atomic E-state index is -3.59. The summed E-state index contributed by atoms with van der Waals surface area (Å²) in [5.41, 5.74) is 5.08. The standard InChI is InChI=1S/C32H37N5O3S/c1-25(38)35-28-14-16-29(17-15-28)41(39,40)37-23-21-36(22-24-37)20-8-13-30-31(26-9-4-2-5-10-26)33-18-19-34-32(30)27-11-6-3-7-12-27/h2-7,9-12,14-17,30H,8,13,18-24H2,1H3,(H,35,38). The van der Waals surface area contributed by atoms with Crippen LogP contribution in [0.4, 0.5) is 5.69 Å². The maximum atomic E-state index is 13.2. The molecule has 2 heterocycles. The van der Waals surface area contributed by atoms with E-state index >= 15 is 0 Å². The second kappa shape index (κ2) is 13.3. The van der Waals surface area contributed by atoms with E-state index in [2.05, 4.69) is 58.7 Å². The highest BCUT2D eigenvalue weighted by Gasteiger charge is 2.30. The maximum absolute atomic E-state index is 13.2. The molecule has 0 unspecified atom stereocenters. The quantitative estimate of drug-likeness (QED) is 0.414. The molecule has 1 N–H and O–H groups in total. The number of rotatable bonds is 9. The molecule has 0 spiro atoms. The maximum Gasteiger partial charge on any atom is 0.243 e. The van der Waals surface area contributed by atoms with E-state index in [9.17, 15) is 13.2 Å². The van der Waals surface area contributed by atoms with E-state index in [4.69, 9.17) is 9.98 Å². The molecule has 41 heavy (non-hydrogen) atoms. The molecular weight excluding hydrogens is 534 g/mol. The number of nitrogens with zero attached hydrogens (tertiary/aromatic N) is 4. The van der Waals surface area contributed by atoms with Crippen molar-refractivity contribution in [3.05, 3.63) is 96.1 Å². The molecule has 214 valence electrons. The van der Waals surface area contributed by atoms with E-state index in [0.717, 1.165) is 41.9 Å². The molecule has 8 nitrogen and oxygen atoms in total. The Hall–Kier alpha value is -3.66. The van der Waals surface area contributed by atoms with Crippen molar-refractivity contribution in [2.24, 2.45) is 15.9 Å². The number of hydrogen-bond donors (Lipinski definition) is 1. The summed E-state index contributed by atoms with van der Waals surface area (Å²) in [6, 6.07) is 27.2. The van der Waals surface area contributed by atoms with Crippen LogP contribution in [0.25, 0.3) is 0 Å². The van der Waals surface area contributed by atoms with Crippen LogP contribution in [0.1, 0.15) is 30.9 Å². The molecule has 2 aliphatic heterocycles. The normalized spacial score (nSPS) is 17.4. The van der Waals surface area contributed by atoms with Gasteiger partial charge in [0.1, 0.15) is 0 Å². The molecule has 1 fully saturated rings. The molecule has 1 amide bonds. The van der Waals surface area contributed by atoms with Gasteiger partial charge in [0, 0.05) is 44.7 Å². The van der Waals surface area contributed by atoms with Gasteiger partial charge >= 0.3 is 0 Å². The average molecular weight is 572 g/mol. The highest BCUT2D eigenvalue weighted by atomic mass is 32.2. The lowest BCUT2D eigenvalue weighted by Crippen LogP contribution is -2.48. The van der Waals surface area contributed by atoms with Crippen LogP contribution >= 0.6 is 0 Å². The molecule has 3 aromatic carbocycles. The third-order valence-electron chi connectivity index (χ3n) is 7.57. The molecule has 3 aromatic rings. The molecule has 0 atom stereocenters. The van der Waals surface area contributed by atoms with Gasteiger partial charge in [-0.25, -0.2) is 8.42 Å². The Kier molecular flexibility index (Phi) is 9.38. The Morgan fingerprint density at radius 3 is 1.85 bits per heavy atom. The van der Waals surface area contributed by atoms with Gasteiger partial charge in [0.15, 0.2) is 0 Å². The number of amides is 1. The van der Waals surface area contributed by atoms with Gasteiger partial charge in [-0.15, -0.1) is 0 Å². The van der Waals surface area contributed by atoms with Crippen LogP contribution in [-0.4, -0.2) is 80.8 Å². The van der Waals surface area contributed by atoms with Crippen LogP contribution in [0.15, 0.2) is 99.8 Å². The van der Waals surface area contributed by atoms with E-state index in [1.165, 1.54) is 6.92 Å². The largest absolute Gasteiger partial charge is 0.326 e. The Bertz CT molecular complexity index is 1420. The first-order valence-corrected chi connectivity index (χ1v) is 15.7. The van der Waals surface area contributed by atoms with Gasteiger partial charge < -0.3 is 10.2 Å². The molecule has 0 radical (unpaired) electrons. The Morgan fingerprint density at radius 2 is 1.34 bits per heavy atom. The van der Waals surface area contributed by atoms with Crippen LogP contribution in [-0.2, 0) is 14.8 Å². The number of benzene rings is 3. The summed E-state index contributed by atoms with van der Waals surface area (Å²) in [7, 11) is -3.59. The highest BCUT2D eigenvalue weighted by Crippen LogP contribution is 2.25. The van der Waals surface area contributed by atoms with E-state index in [1.54, 1.807) is 28.6 Å². The Labute approximate surface area is 242 Å². The summed E-state index contributed by atoms with van der Waals surface area (Å²) in [4.78, 5) is 23.8. The fourth-order valence-electron chi connectivity index (χ4n) is 5.54. The van der Waals surface area contributed by atoms with Crippen molar-refractivity contribution < 1.29 is 13.2 Å². The highest BCUT2D eigenvalue weighted by molar-refractivity contribution is 7.89. The van der Waals surface area contributed by atoms with Gasteiger partial charge in [0.05, 0.1) is 29.4 Å². The number of nitrogens with one attached hydrogen (secondary N) is 1. The lowest BCUT2D eigenvalue weighted by Gasteiger charge is -2.34. The fraction of sp³-hybridized carbons (Fsp3) is 0.344. The van der Waals surface area contributed by atoms with Crippen LogP contribution in [0.2, 0.25) is 0 Å². The molecule has 9 heteroatoms. The third kappa shape index (κ3) is 7.16. The average Bonchev–Trinajstić information content (AvgIpc) is 3.21. The van der Waals surface area contributed by atoms with Gasteiger partial charge in [0.2, 0.25) is 15.9 Å². The zero-order valence-electron chi connectivity index (χ0n) is 23.4. The first kappa shape index (κ1) is 28.9. The van der Waals surface area contributed by atoms with Crippen molar-refractivity contribution in [2.45, 2.75) is 24.7 Å². The van der Waals surface area contributed by atoms with Gasteiger partial charge in [-0.05, 0) is 54.8 Å². The number of sulfonamides is 1. The molecule has 0 bridgehead atoms.